The van der Waals surface area contributed by atoms with Gasteiger partial charge in [0.1, 0.15) is 0 Å². The standard InChI is InChI=1S/C27H24ClN3O3S2/c1-3-5-6-19-7-16-24-25(18-19)35-27(31(24)17-4-2)29-26(32)20-8-12-22(13-9-20)30-36(33,34)23-14-10-21(28)11-15-23/h2,7-16,18,30H,3,5-6,17H2,1H3. The second kappa shape index (κ2) is 11.1. The summed E-state index contributed by atoms with van der Waals surface area (Å²) in [7, 11) is -3.79. The molecule has 0 aliphatic carbocycles. The summed E-state index contributed by atoms with van der Waals surface area (Å²) >= 11 is 7.26. The normalized spacial score (nSPS) is 12.0. The minimum atomic E-state index is -3.79. The van der Waals surface area contributed by atoms with Gasteiger partial charge in [-0.15, -0.1) is 6.42 Å². The smallest absolute Gasteiger partial charge is 0.279 e. The van der Waals surface area contributed by atoms with Crippen LogP contribution >= 0.6 is 22.9 Å². The molecule has 3 aromatic carbocycles. The molecular formula is C27H24ClN3O3S2. The first-order chi connectivity index (χ1) is 17.3. The van der Waals surface area contributed by atoms with Crippen molar-refractivity contribution in [1.82, 2.24) is 4.57 Å². The maximum absolute atomic E-state index is 12.9. The molecular weight excluding hydrogens is 514 g/mol. The third-order valence-electron chi connectivity index (χ3n) is 5.52. The van der Waals surface area contributed by atoms with Crippen molar-refractivity contribution in [2.75, 3.05) is 4.72 Å². The molecule has 4 rings (SSSR count). The van der Waals surface area contributed by atoms with Gasteiger partial charge in [-0.25, -0.2) is 8.42 Å². The van der Waals surface area contributed by atoms with E-state index in [0.29, 0.717) is 27.6 Å². The predicted molar refractivity (Wildman–Crippen MR) is 146 cm³/mol. The van der Waals surface area contributed by atoms with E-state index in [9.17, 15) is 13.2 Å². The van der Waals surface area contributed by atoms with Gasteiger partial charge in [-0.1, -0.05) is 48.3 Å². The van der Waals surface area contributed by atoms with Crippen LogP contribution in [0.4, 0.5) is 5.69 Å². The molecule has 1 aromatic heterocycles. The fourth-order valence-electron chi connectivity index (χ4n) is 3.64. The van der Waals surface area contributed by atoms with Crippen LogP contribution in [-0.4, -0.2) is 18.9 Å². The number of anilines is 1. The minimum absolute atomic E-state index is 0.0859. The van der Waals surface area contributed by atoms with Gasteiger partial charge in [-0.05, 0) is 79.1 Å². The number of halogens is 1. The van der Waals surface area contributed by atoms with Gasteiger partial charge in [0.25, 0.3) is 15.9 Å². The highest BCUT2D eigenvalue weighted by Gasteiger charge is 2.15. The van der Waals surface area contributed by atoms with Gasteiger partial charge in [0, 0.05) is 16.3 Å². The average molecular weight is 538 g/mol. The molecule has 6 nitrogen and oxygen atoms in total. The highest BCUT2D eigenvalue weighted by Crippen LogP contribution is 2.22. The van der Waals surface area contributed by atoms with Crippen molar-refractivity contribution in [3.63, 3.8) is 0 Å². The Morgan fingerprint density at radius 1 is 1.11 bits per heavy atom. The Morgan fingerprint density at radius 3 is 2.50 bits per heavy atom. The molecule has 1 N–H and O–H groups in total. The first kappa shape index (κ1) is 25.7. The molecule has 0 radical (unpaired) electrons. The van der Waals surface area contributed by atoms with Gasteiger partial charge in [0.15, 0.2) is 4.80 Å². The maximum Gasteiger partial charge on any atom is 0.279 e. The van der Waals surface area contributed by atoms with Crippen LogP contribution in [0.5, 0.6) is 0 Å². The number of benzene rings is 3. The van der Waals surface area contributed by atoms with Crippen molar-refractivity contribution in [2.24, 2.45) is 4.99 Å². The lowest BCUT2D eigenvalue weighted by Crippen LogP contribution is -2.16. The molecule has 0 fully saturated rings. The molecule has 0 aliphatic heterocycles. The van der Waals surface area contributed by atoms with E-state index in [2.05, 4.69) is 34.7 Å². The number of aromatic nitrogens is 1. The van der Waals surface area contributed by atoms with Crippen molar-refractivity contribution in [1.29, 1.82) is 0 Å². The second-order valence-corrected chi connectivity index (χ2v) is 11.3. The Kier molecular flexibility index (Phi) is 7.94. The van der Waals surface area contributed by atoms with Gasteiger partial charge in [0.05, 0.1) is 21.7 Å². The van der Waals surface area contributed by atoms with E-state index >= 15 is 0 Å². The Labute approximate surface area is 219 Å². The summed E-state index contributed by atoms with van der Waals surface area (Å²) in [5.74, 6) is 2.20. The van der Waals surface area contributed by atoms with Gasteiger partial charge in [-0.2, -0.15) is 4.99 Å². The largest absolute Gasteiger partial charge is 0.305 e. The Morgan fingerprint density at radius 2 is 1.83 bits per heavy atom. The predicted octanol–water partition coefficient (Wildman–Crippen LogP) is 5.87. The van der Waals surface area contributed by atoms with Crippen LogP contribution in [0.15, 0.2) is 76.6 Å². The molecule has 0 unspecified atom stereocenters. The number of rotatable bonds is 8. The molecule has 36 heavy (non-hydrogen) atoms. The molecule has 1 amide bonds. The fraction of sp³-hybridized carbons (Fsp3) is 0.185. The number of hydrogen-bond donors (Lipinski definition) is 1. The highest BCUT2D eigenvalue weighted by atomic mass is 35.5. The van der Waals surface area contributed by atoms with Crippen molar-refractivity contribution < 1.29 is 13.2 Å². The molecule has 1 heterocycles. The van der Waals surface area contributed by atoms with Crippen molar-refractivity contribution in [3.05, 3.63) is 87.7 Å². The highest BCUT2D eigenvalue weighted by molar-refractivity contribution is 7.92. The van der Waals surface area contributed by atoms with Crippen LogP contribution in [0.3, 0.4) is 0 Å². The summed E-state index contributed by atoms with van der Waals surface area (Å²) in [6.45, 7) is 2.46. The summed E-state index contributed by atoms with van der Waals surface area (Å²) < 4.78 is 30.5. The second-order valence-electron chi connectivity index (χ2n) is 8.13. The molecule has 9 heteroatoms. The van der Waals surface area contributed by atoms with E-state index in [1.807, 2.05) is 10.6 Å². The van der Waals surface area contributed by atoms with Gasteiger partial charge in [0.2, 0.25) is 0 Å². The third kappa shape index (κ3) is 5.88. The number of amides is 1. The Hall–Kier alpha value is -3.38. The van der Waals surface area contributed by atoms with Gasteiger partial charge >= 0.3 is 0 Å². The number of nitrogens with zero attached hydrogens (tertiary/aromatic N) is 2. The lowest BCUT2D eigenvalue weighted by molar-refractivity contribution is 0.0998. The van der Waals surface area contributed by atoms with Crippen LogP contribution in [0.2, 0.25) is 5.02 Å². The van der Waals surface area contributed by atoms with E-state index in [1.165, 1.54) is 65.4 Å². The molecule has 0 spiro atoms. The SMILES string of the molecule is C#CCn1c(=NC(=O)c2ccc(NS(=O)(=O)c3ccc(Cl)cc3)cc2)sc2cc(CCCC)ccc21. The van der Waals surface area contributed by atoms with Crippen LogP contribution in [0.25, 0.3) is 10.2 Å². The molecule has 4 aromatic rings. The van der Waals surface area contributed by atoms with E-state index in [4.69, 9.17) is 18.0 Å². The minimum Gasteiger partial charge on any atom is -0.305 e. The third-order valence-corrected chi connectivity index (χ3v) is 8.21. The van der Waals surface area contributed by atoms with Gasteiger partial charge < -0.3 is 4.57 Å². The number of fused-ring (bicyclic) bond motifs is 1. The van der Waals surface area contributed by atoms with Crippen LogP contribution in [-0.2, 0) is 23.0 Å². The zero-order chi connectivity index (χ0) is 25.7. The van der Waals surface area contributed by atoms with Crippen LogP contribution < -0.4 is 9.52 Å². The zero-order valence-corrected chi connectivity index (χ0v) is 22.0. The summed E-state index contributed by atoms with van der Waals surface area (Å²) in [6, 6.07) is 18.2. The molecule has 0 atom stereocenters. The first-order valence-electron chi connectivity index (χ1n) is 11.3. The van der Waals surface area contributed by atoms with E-state index in [0.717, 1.165) is 29.5 Å². The van der Waals surface area contributed by atoms with Crippen molar-refractivity contribution in [2.45, 2.75) is 37.6 Å². The number of sulfonamides is 1. The van der Waals surface area contributed by atoms with Gasteiger partial charge in [-0.3, -0.25) is 9.52 Å². The van der Waals surface area contributed by atoms with Crippen molar-refractivity contribution in [3.8, 4) is 12.3 Å². The quantitative estimate of drug-likeness (QED) is 0.285. The van der Waals surface area contributed by atoms with E-state index in [1.54, 1.807) is 0 Å². The summed E-state index contributed by atoms with van der Waals surface area (Å²) in [5, 5.41) is 0.444. The number of carbonyl (C=O) groups excluding carboxylic acids is 1. The number of nitrogens with one attached hydrogen (secondary N) is 1. The molecule has 0 saturated carbocycles. The Balaban J connectivity index is 1.59. The number of hydrogen-bond acceptors (Lipinski definition) is 4. The number of unbranched alkanes of at least 4 members (excludes halogenated alkanes) is 1. The topological polar surface area (TPSA) is 80.5 Å². The molecule has 0 saturated heterocycles. The summed E-state index contributed by atoms with van der Waals surface area (Å²) in [6.07, 6.45) is 8.81. The van der Waals surface area contributed by atoms with Crippen LogP contribution in [0.1, 0.15) is 35.7 Å². The van der Waals surface area contributed by atoms with Crippen molar-refractivity contribution >= 4 is 54.8 Å². The lowest BCUT2D eigenvalue weighted by atomic mass is 10.1. The maximum atomic E-state index is 12.9. The Bertz CT molecular complexity index is 1610. The summed E-state index contributed by atoms with van der Waals surface area (Å²) in [4.78, 5) is 17.9. The lowest BCUT2D eigenvalue weighted by Gasteiger charge is -2.08. The fourth-order valence-corrected chi connectivity index (χ4v) is 5.92. The van der Waals surface area contributed by atoms with E-state index in [-0.39, 0.29) is 4.90 Å². The monoisotopic (exact) mass is 537 g/mol. The average Bonchev–Trinajstić information content (AvgIpc) is 3.19. The molecule has 184 valence electrons. The molecule has 0 aliphatic rings. The number of aryl methyl sites for hydroxylation is 1. The summed E-state index contributed by atoms with van der Waals surface area (Å²) in [5.41, 5.74) is 2.84. The zero-order valence-electron chi connectivity index (χ0n) is 19.6. The first-order valence-corrected chi connectivity index (χ1v) is 14.0. The number of thiazole rings is 1. The van der Waals surface area contributed by atoms with E-state index < -0.39 is 15.9 Å². The number of carbonyl (C=O) groups is 1. The van der Waals surface area contributed by atoms with Crippen LogP contribution in [0, 0.1) is 12.3 Å². The number of terminal acetylenes is 1. The molecule has 0 bridgehead atoms.